The van der Waals surface area contributed by atoms with Crippen LogP contribution in [0.15, 0.2) is 24.4 Å². The monoisotopic (exact) mass is 257 g/mol. The molecule has 3 heteroatoms. The minimum atomic E-state index is -0.568. The zero-order valence-corrected chi connectivity index (χ0v) is 11.0. The van der Waals surface area contributed by atoms with Crippen LogP contribution in [0.4, 0.5) is 0 Å². The lowest BCUT2D eigenvalue weighted by atomic mass is 9.43. The fourth-order valence-corrected chi connectivity index (χ4v) is 5.49. The first-order chi connectivity index (χ1) is 9.12. The fraction of sp³-hybridized carbons (Fsp3) is 0.625. The van der Waals surface area contributed by atoms with Crippen molar-refractivity contribution in [2.45, 2.75) is 43.9 Å². The van der Waals surface area contributed by atoms with E-state index < -0.39 is 11.4 Å². The number of pyridine rings is 1. The van der Waals surface area contributed by atoms with Crippen LogP contribution in [0, 0.1) is 17.3 Å². The average Bonchev–Trinajstić information content (AvgIpc) is 2.38. The molecule has 4 aliphatic rings. The maximum Gasteiger partial charge on any atom is 0.309 e. The van der Waals surface area contributed by atoms with E-state index in [0.717, 1.165) is 37.8 Å². The summed E-state index contributed by atoms with van der Waals surface area (Å²) < 4.78 is 0. The number of carbonyl (C=O) groups is 1. The number of hydrogen-bond acceptors (Lipinski definition) is 2. The van der Waals surface area contributed by atoms with Gasteiger partial charge < -0.3 is 5.11 Å². The topological polar surface area (TPSA) is 50.2 Å². The zero-order valence-electron chi connectivity index (χ0n) is 11.0. The number of nitrogens with zero attached hydrogens (tertiary/aromatic N) is 1. The summed E-state index contributed by atoms with van der Waals surface area (Å²) in [6.07, 6.45) is 7.98. The second kappa shape index (κ2) is 3.59. The first kappa shape index (κ1) is 11.4. The van der Waals surface area contributed by atoms with E-state index in [2.05, 4.69) is 11.1 Å². The lowest BCUT2D eigenvalue weighted by Gasteiger charge is -2.60. The number of carboxylic acid groups (broad SMARTS) is 1. The fourth-order valence-electron chi connectivity index (χ4n) is 5.49. The van der Waals surface area contributed by atoms with Crippen LogP contribution in [0.2, 0.25) is 0 Å². The van der Waals surface area contributed by atoms with Crippen LogP contribution in [-0.2, 0) is 10.2 Å². The summed E-state index contributed by atoms with van der Waals surface area (Å²) in [5.41, 5.74) is 0.723. The highest BCUT2D eigenvalue weighted by Gasteiger charge is 2.61. The number of aromatic nitrogens is 1. The second-order valence-electron chi connectivity index (χ2n) is 7.04. The molecular formula is C16H19NO2. The second-order valence-corrected chi connectivity index (χ2v) is 7.04. The van der Waals surface area contributed by atoms with Crippen molar-refractivity contribution in [1.29, 1.82) is 0 Å². The average molecular weight is 257 g/mol. The van der Waals surface area contributed by atoms with Gasteiger partial charge >= 0.3 is 5.97 Å². The molecule has 19 heavy (non-hydrogen) atoms. The molecule has 4 fully saturated rings. The smallest absolute Gasteiger partial charge is 0.309 e. The molecule has 0 saturated heterocycles. The molecule has 0 aliphatic heterocycles. The summed E-state index contributed by atoms with van der Waals surface area (Å²) in [5, 5.41) is 9.72. The van der Waals surface area contributed by atoms with E-state index in [1.165, 1.54) is 6.42 Å². The van der Waals surface area contributed by atoms with Gasteiger partial charge in [-0.25, -0.2) is 0 Å². The van der Waals surface area contributed by atoms with E-state index in [1.807, 2.05) is 18.3 Å². The molecule has 3 nitrogen and oxygen atoms in total. The number of rotatable bonds is 2. The number of hydrogen-bond donors (Lipinski definition) is 1. The summed E-state index contributed by atoms with van der Waals surface area (Å²) in [6, 6.07) is 6.08. The minimum absolute atomic E-state index is 0.0454. The third kappa shape index (κ3) is 1.50. The van der Waals surface area contributed by atoms with Crippen molar-refractivity contribution in [2.24, 2.45) is 17.3 Å². The summed E-state index contributed by atoms with van der Waals surface area (Å²) >= 11 is 0. The Kier molecular flexibility index (Phi) is 2.16. The van der Waals surface area contributed by atoms with E-state index in [4.69, 9.17) is 0 Å². The summed E-state index contributed by atoms with van der Waals surface area (Å²) in [4.78, 5) is 16.4. The first-order valence-corrected chi connectivity index (χ1v) is 7.27. The largest absolute Gasteiger partial charge is 0.481 e. The molecule has 4 saturated carbocycles. The van der Waals surface area contributed by atoms with Crippen LogP contribution in [0.25, 0.3) is 0 Å². The predicted octanol–water partition coefficient (Wildman–Crippen LogP) is 3.00. The van der Waals surface area contributed by atoms with Gasteiger partial charge in [-0.1, -0.05) is 6.07 Å². The maximum atomic E-state index is 11.8. The van der Waals surface area contributed by atoms with Crippen molar-refractivity contribution in [3.63, 3.8) is 0 Å². The van der Waals surface area contributed by atoms with Gasteiger partial charge in [0.1, 0.15) is 0 Å². The molecular weight excluding hydrogens is 238 g/mol. The van der Waals surface area contributed by atoms with Gasteiger partial charge in [-0.3, -0.25) is 9.78 Å². The lowest BCUT2D eigenvalue weighted by Crippen LogP contribution is -2.57. The van der Waals surface area contributed by atoms with Gasteiger partial charge in [-0.2, -0.15) is 0 Å². The molecule has 0 amide bonds. The molecule has 2 atom stereocenters. The lowest BCUT2D eigenvalue weighted by molar-refractivity contribution is -0.167. The van der Waals surface area contributed by atoms with E-state index in [9.17, 15) is 9.90 Å². The van der Waals surface area contributed by atoms with Gasteiger partial charge in [0, 0.05) is 17.3 Å². The molecule has 4 bridgehead atoms. The Labute approximate surface area is 113 Å². The first-order valence-electron chi connectivity index (χ1n) is 7.27. The van der Waals surface area contributed by atoms with Crippen molar-refractivity contribution < 1.29 is 9.90 Å². The summed E-state index contributed by atoms with van der Waals surface area (Å²) in [6.45, 7) is 0. The Bertz CT molecular complexity index is 511. The molecule has 2 unspecified atom stereocenters. The number of carboxylic acids is 1. The normalized spacial score (nSPS) is 43.4. The zero-order chi connectivity index (χ0) is 13.1. The Morgan fingerprint density at radius 2 is 1.95 bits per heavy atom. The third-order valence-corrected chi connectivity index (χ3v) is 5.72. The van der Waals surface area contributed by atoms with Crippen molar-refractivity contribution in [2.75, 3.05) is 0 Å². The van der Waals surface area contributed by atoms with Gasteiger partial charge in [0.25, 0.3) is 0 Å². The molecule has 100 valence electrons. The molecule has 1 heterocycles. The van der Waals surface area contributed by atoms with Gasteiger partial charge in [-0.05, 0) is 62.5 Å². The van der Waals surface area contributed by atoms with Crippen LogP contribution in [0.5, 0.6) is 0 Å². The van der Waals surface area contributed by atoms with Gasteiger partial charge in [-0.15, -0.1) is 0 Å². The predicted molar refractivity (Wildman–Crippen MR) is 70.7 cm³/mol. The highest BCUT2D eigenvalue weighted by atomic mass is 16.4. The Morgan fingerprint density at radius 3 is 2.53 bits per heavy atom. The Morgan fingerprint density at radius 1 is 1.21 bits per heavy atom. The summed E-state index contributed by atoms with van der Waals surface area (Å²) in [7, 11) is 0. The van der Waals surface area contributed by atoms with Crippen LogP contribution in [0.3, 0.4) is 0 Å². The van der Waals surface area contributed by atoms with Crippen molar-refractivity contribution in [1.82, 2.24) is 4.98 Å². The molecule has 1 aromatic heterocycles. The molecule has 1 aromatic rings. The van der Waals surface area contributed by atoms with Gasteiger partial charge in [0.2, 0.25) is 0 Å². The van der Waals surface area contributed by atoms with Crippen LogP contribution in [0.1, 0.15) is 44.2 Å². The molecule has 0 radical (unpaired) electrons. The SMILES string of the molecule is O=C(O)C12CC3CC(C1)CC(c1ccccn1)(C3)C2. The Hall–Kier alpha value is -1.38. The molecule has 5 rings (SSSR count). The highest BCUT2D eigenvalue weighted by Crippen LogP contribution is 2.65. The van der Waals surface area contributed by atoms with Crippen LogP contribution < -0.4 is 0 Å². The summed E-state index contributed by atoms with van der Waals surface area (Å²) in [5.74, 6) is 0.626. The van der Waals surface area contributed by atoms with Crippen molar-refractivity contribution in [3.8, 4) is 0 Å². The molecule has 4 aliphatic carbocycles. The van der Waals surface area contributed by atoms with Gasteiger partial charge in [0.15, 0.2) is 0 Å². The van der Waals surface area contributed by atoms with Crippen molar-refractivity contribution >= 4 is 5.97 Å². The van der Waals surface area contributed by atoms with E-state index in [0.29, 0.717) is 11.8 Å². The molecule has 1 N–H and O–H groups in total. The van der Waals surface area contributed by atoms with Gasteiger partial charge in [0.05, 0.1) is 5.41 Å². The highest BCUT2D eigenvalue weighted by molar-refractivity contribution is 5.75. The minimum Gasteiger partial charge on any atom is -0.481 e. The third-order valence-electron chi connectivity index (χ3n) is 5.72. The van der Waals surface area contributed by atoms with E-state index in [1.54, 1.807) is 0 Å². The van der Waals surface area contributed by atoms with Crippen LogP contribution >= 0.6 is 0 Å². The quantitative estimate of drug-likeness (QED) is 0.886. The molecule has 0 spiro atoms. The Balaban J connectivity index is 1.80. The van der Waals surface area contributed by atoms with Crippen molar-refractivity contribution in [3.05, 3.63) is 30.1 Å². The van der Waals surface area contributed by atoms with E-state index >= 15 is 0 Å². The van der Waals surface area contributed by atoms with E-state index in [-0.39, 0.29) is 5.41 Å². The maximum absolute atomic E-state index is 11.8. The standard InChI is InChI=1S/C16H19NO2/c18-14(19)16-8-11-5-12(9-16)7-15(6-11,10-16)13-3-1-2-4-17-13/h1-4,11-12H,5-10H2,(H,18,19). The number of aliphatic carboxylic acids is 1. The molecule has 0 aromatic carbocycles. The van der Waals surface area contributed by atoms with Crippen LogP contribution in [-0.4, -0.2) is 16.1 Å².